The van der Waals surface area contributed by atoms with Crippen molar-refractivity contribution >= 4 is 40.1 Å². The number of benzene rings is 2. The van der Waals surface area contributed by atoms with Gasteiger partial charge in [-0.15, -0.1) is 0 Å². The molecular weight excluding hydrogens is 466 g/mol. The quantitative estimate of drug-likeness (QED) is 0.313. The van der Waals surface area contributed by atoms with Crippen molar-refractivity contribution in [2.45, 2.75) is 26.4 Å². The minimum absolute atomic E-state index is 0.0593. The molecule has 1 aromatic heterocycles. The Kier molecular flexibility index (Phi) is 8.26. The molecule has 0 fully saturated rings. The van der Waals surface area contributed by atoms with Gasteiger partial charge in [-0.25, -0.2) is 9.37 Å². The number of rotatable bonds is 8. The Labute approximate surface area is 201 Å². The number of para-hydroxylation sites is 1. The summed E-state index contributed by atoms with van der Waals surface area (Å²) in [5, 5.41) is 10.4. The van der Waals surface area contributed by atoms with Crippen LogP contribution < -0.4 is 4.74 Å². The van der Waals surface area contributed by atoms with Crippen molar-refractivity contribution in [2.24, 2.45) is 11.8 Å². The van der Waals surface area contributed by atoms with Crippen LogP contribution >= 0.6 is 23.2 Å². The summed E-state index contributed by atoms with van der Waals surface area (Å²) < 4.78 is 24.8. The highest BCUT2D eigenvalue weighted by Gasteiger charge is 2.28. The Morgan fingerprint density at radius 1 is 1.18 bits per heavy atom. The van der Waals surface area contributed by atoms with E-state index in [2.05, 4.69) is 4.98 Å². The van der Waals surface area contributed by atoms with E-state index in [-0.39, 0.29) is 28.3 Å². The molecule has 2 atom stereocenters. The van der Waals surface area contributed by atoms with Crippen LogP contribution in [0.3, 0.4) is 0 Å². The lowest BCUT2D eigenvalue weighted by Crippen LogP contribution is -2.24. The van der Waals surface area contributed by atoms with E-state index in [0.717, 1.165) is 0 Å². The molecule has 0 amide bonds. The molecule has 5 nitrogen and oxygen atoms in total. The van der Waals surface area contributed by atoms with Gasteiger partial charge in [0, 0.05) is 11.5 Å². The summed E-state index contributed by atoms with van der Waals surface area (Å²) >= 11 is 11.4. The Bertz CT molecular complexity index is 1200. The first-order valence-electron chi connectivity index (χ1n) is 10.2. The summed E-state index contributed by atoms with van der Waals surface area (Å²) in [4.78, 5) is 17.3. The average molecular weight is 487 g/mol. The van der Waals surface area contributed by atoms with Crippen molar-refractivity contribution in [3.8, 4) is 17.6 Å². The van der Waals surface area contributed by atoms with Crippen molar-refractivity contribution in [3.63, 3.8) is 0 Å². The third-order valence-electron chi connectivity index (χ3n) is 4.99. The molecule has 1 heterocycles. The highest BCUT2D eigenvalue weighted by molar-refractivity contribution is 6.55. The molecule has 0 bridgehead atoms. The van der Waals surface area contributed by atoms with Gasteiger partial charge in [-0.3, -0.25) is 4.79 Å². The van der Waals surface area contributed by atoms with Crippen molar-refractivity contribution in [1.82, 2.24) is 4.98 Å². The number of ether oxygens (including phenoxy) is 2. The van der Waals surface area contributed by atoms with Crippen molar-refractivity contribution in [1.29, 1.82) is 5.26 Å². The summed E-state index contributed by atoms with van der Waals surface area (Å²) in [6, 6.07) is 16.3. The second-order valence-electron chi connectivity index (χ2n) is 7.64. The van der Waals surface area contributed by atoms with Gasteiger partial charge in [0.1, 0.15) is 27.9 Å². The van der Waals surface area contributed by atoms with E-state index >= 15 is 0 Å². The Balaban J connectivity index is 1.93. The number of halogens is 3. The van der Waals surface area contributed by atoms with E-state index in [1.54, 1.807) is 18.2 Å². The minimum atomic E-state index is -1.26. The molecule has 8 heteroatoms. The van der Waals surface area contributed by atoms with Crippen LogP contribution in [0.2, 0.25) is 0 Å². The number of aromatic nitrogens is 1. The number of pyridine rings is 1. The number of hydrogen-bond donors (Lipinski definition) is 0. The fourth-order valence-corrected chi connectivity index (χ4v) is 3.40. The highest BCUT2D eigenvalue weighted by atomic mass is 35.5. The molecule has 0 aliphatic carbocycles. The van der Waals surface area contributed by atoms with Crippen LogP contribution in [0.5, 0.6) is 11.5 Å². The van der Waals surface area contributed by atoms with Crippen LogP contribution in [0.15, 0.2) is 65.2 Å². The van der Waals surface area contributed by atoms with Crippen LogP contribution in [0.1, 0.15) is 32.1 Å². The molecular formula is C25H21Cl2FN2O3. The Hall–Kier alpha value is -3.14. The second-order valence-corrected chi connectivity index (χ2v) is 8.65. The number of nitriles is 1. The lowest BCUT2D eigenvalue weighted by Gasteiger charge is -2.20. The minimum Gasteiger partial charge on any atom is -0.457 e. The van der Waals surface area contributed by atoms with Gasteiger partial charge in [0.15, 0.2) is 0 Å². The molecule has 0 aliphatic rings. The molecule has 170 valence electrons. The maximum Gasteiger partial charge on any atom is 0.311 e. The first-order valence-corrected chi connectivity index (χ1v) is 11.0. The summed E-state index contributed by atoms with van der Waals surface area (Å²) in [5.41, 5.74) is 0.774. The number of carbonyl (C=O) groups excluding carboxylic acids is 1. The van der Waals surface area contributed by atoms with Gasteiger partial charge < -0.3 is 9.47 Å². The molecule has 0 radical (unpaired) electrons. The smallest absolute Gasteiger partial charge is 0.311 e. The third-order valence-corrected chi connectivity index (χ3v) is 5.30. The van der Waals surface area contributed by atoms with Crippen LogP contribution in [0.4, 0.5) is 4.39 Å². The fraction of sp³-hybridized carbons (Fsp3) is 0.240. The van der Waals surface area contributed by atoms with Crippen molar-refractivity contribution in [2.75, 3.05) is 0 Å². The van der Waals surface area contributed by atoms with Gasteiger partial charge in [0.05, 0.1) is 17.1 Å². The summed E-state index contributed by atoms with van der Waals surface area (Å²) in [6.45, 7) is 3.73. The molecule has 2 aromatic carbocycles. The van der Waals surface area contributed by atoms with Gasteiger partial charge >= 0.3 is 5.97 Å². The van der Waals surface area contributed by atoms with Crippen molar-refractivity contribution in [3.05, 3.63) is 76.7 Å². The summed E-state index contributed by atoms with van der Waals surface area (Å²) in [6.07, 6.45) is 0.551. The maximum absolute atomic E-state index is 13.3. The van der Waals surface area contributed by atoms with Crippen LogP contribution in [-0.4, -0.2) is 11.0 Å². The van der Waals surface area contributed by atoms with E-state index in [4.69, 9.17) is 32.7 Å². The highest BCUT2D eigenvalue weighted by Crippen LogP contribution is 2.33. The molecule has 33 heavy (non-hydrogen) atoms. The largest absolute Gasteiger partial charge is 0.457 e. The Morgan fingerprint density at radius 2 is 1.88 bits per heavy atom. The summed E-state index contributed by atoms with van der Waals surface area (Å²) in [5.74, 6) is -0.738. The SMILES string of the molecule is CC(C)C(CC=C(Cl)Cl)C(=O)OC(C#N)c1cc(Oc2ccc(F)cc2)c2ccccc2n1. The number of nitrogens with zero attached hydrogens (tertiary/aromatic N) is 2. The lowest BCUT2D eigenvalue weighted by molar-refractivity contribution is -0.153. The average Bonchev–Trinajstić information content (AvgIpc) is 2.78. The van der Waals surface area contributed by atoms with E-state index in [9.17, 15) is 14.4 Å². The van der Waals surface area contributed by atoms with E-state index in [0.29, 0.717) is 22.4 Å². The lowest BCUT2D eigenvalue weighted by atomic mass is 9.92. The van der Waals surface area contributed by atoms with Gasteiger partial charge in [0.2, 0.25) is 6.10 Å². The second kappa shape index (κ2) is 11.1. The number of fused-ring (bicyclic) bond motifs is 1. The zero-order valence-corrected chi connectivity index (χ0v) is 19.5. The topological polar surface area (TPSA) is 72.2 Å². The first-order chi connectivity index (χ1) is 15.8. The van der Waals surface area contributed by atoms with Crippen LogP contribution in [0.25, 0.3) is 10.9 Å². The van der Waals surface area contributed by atoms with Crippen LogP contribution in [-0.2, 0) is 9.53 Å². The summed E-state index contributed by atoms with van der Waals surface area (Å²) in [7, 11) is 0. The van der Waals surface area contributed by atoms with Gasteiger partial charge in [-0.2, -0.15) is 5.26 Å². The zero-order chi connectivity index (χ0) is 24.0. The number of carbonyl (C=O) groups is 1. The third kappa shape index (κ3) is 6.44. The van der Waals surface area contributed by atoms with E-state index in [1.165, 1.54) is 30.3 Å². The molecule has 3 aromatic rings. The number of allylic oxidation sites excluding steroid dienone is 1. The van der Waals surface area contributed by atoms with E-state index in [1.807, 2.05) is 32.0 Å². The molecule has 0 saturated carbocycles. The van der Waals surface area contributed by atoms with Crippen LogP contribution in [0, 0.1) is 29.0 Å². The van der Waals surface area contributed by atoms with Gasteiger partial charge in [0.25, 0.3) is 0 Å². The molecule has 3 rings (SSSR count). The predicted octanol–water partition coefficient (Wildman–Crippen LogP) is 7.26. The maximum atomic E-state index is 13.3. The Morgan fingerprint density at radius 3 is 2.52 bits per heavy atom. The first kappa shape index (κ1) is 24.5. The van der Waals surface area contributed by atoms with E-state index < -0.39 is 18.0 Å². The number of hydrogen-bond acceptors (Lipinski definition) is 5. The normalized spacial score (nSPS) is 12.6. The standard InChI is InChI=1S/C25H21Cl2FN2O3/c1-15(2)18(11-12-24(26)27)25(31)33-23(14-29)21-13-22(19-5-3-4-6-20(19)30-21)32-17-9-7-16(28)8-10-17/h3-10,12-13,15,18,23H,11H2,1-2H3. The van der Waals surface area contributed by atoms with Gasteiger partial charge in [-0.1, -0.05) is 55.3 Å². The molecule has 0 spiro atoms. The molecule has 0 N–H and O–H groups in total. The number of esters is 1. The molecule has 0 aliphatic heterocycles. The molecule has 0 saturated heterocycles. The predicted molar refractivity (Wildman–Crippen MR) is 125 cm³/mol. The van der Waals surface area contributed by atoms with Gasteiger partial charge in [-0.05, 0) is 48.7 Å². The molecule has 2 unspecified atom stereocenters. The van der Waals surface area contributed by atoms with Crippen molar-refractivity contribution < 1.29 is 18.7 Å². The monoisotopic (exact) mass is 486 g/mol. The zero-order valence-electron chi connectivity index (χ0n) is 18.0. The fourth-order valence-electron chi connectivity index (χ4n) is 3.22.